The number of rotatable bonds is 5. The van der Waals surface area contributed by atoms with Crippen LogP contribution in [-0.2, 0) is 0 Å². The zero-order chi connectivity index (χ0) is 37.5. The lowest BCUT2D eigenvalue weighted by Crippen LogP contribution is -2.00. The molecule has 8 aromatic carbocycles. The van der Waals surface area contributed by atoms with Gasteiger partial charge in [0, 0.05) is 54.7 Å². The van der Waals surface area contributed by atoms with E-state index in [1.807, 2.05) is 72.8 Å². The van der Waals surface area contributed by atoms with Crippen LogP contribution in [0.1, 0.15) is 0 Å². The fourth-order valence-corrected chi connectivity index (χ4v) is 8.31. The summed E-state index contributed by atoms with van der Waals surface area (Å²) in [5.74, 6) is 1.84. The van der Waals surface area contributed by atoms with Crippen LogP contribution < -0.4 is 0 Å². The smallest absolute Gasteiger partial charge is 0.164 e. The third-order valence-corrected chi connectivity index (χ3v) is 11.0. The molecule has 4 aromatic heterocycles. The van der Waals surface area contributed by atoms with E-state index in [9.17, 15) is 0 Å². The van der Waals surface area contributed by atoms with Crippen molar-refractivity contribution >= 4 is 65.7 Å². The topological polar surface area (TPSA) is 69.9 Å². The molecule has 12 rings (SSSR count). The van der Waals surface area contributed by atoms with Crippen molar-refractivity contribution in [3.05, 3.63) is 182 Å². The van der Waals surface area contributed by atoms with Gasteiger partial charge in [-0.05, 0) is 71.8 Å². The van der Waals surface area contributed by atoms with Gasteiger partial charge in [-0.1, -0.05) is 121 Å². The lowest BCUT2D eigenvalue weighted by atomic mass is 10.0. The summed E-state index contributed by atoms with van der Waals surface area (Å²) in [4.78, 5) is 14.8. The SMILES string of the molecule is c1ccc(-c2ccc3c4ccccc4n(-c4ccc5oc6cc7c(cc6c5c4)oc4ccc(-c5nc(-c6ccccc6)nc(-c6ccccc6)n5)cc47)c3c2)cc1. The zero-order valence-corrected chi connectivity index (χ0v) is 30.4. The van der Waals surface area contributed by atoms with Crippen molar-refractivity contribution in [1.29, 1.82) is 0 Å². The van der Waals surface area contributed by atoms with Gasteiger partial charge < -0.3 is 13.4 Å². The van der Waals surface area contributed by atoms with Crippen LogP contribution in [0.4, 0.5) is 0 Å². The third-order valence-electron chi connectivity index (χ3n) is 11.0. The minimum absolute atomic E-state index is 0.595. The number of nitrogens with zero attached hydrogens (tertiary/aromatic N) is 4. The second kappa shape index (κ2) is 12.3. The number of para-hydroxylation sites is 1. The summed E-state index contributed by atoms with van der Waals surface area (Å²) in [6, 6.07) is 62.8. The summed E-state index contributed by atoms with van der Waals surface area (Å²) in [6.45, 7) is 0. The lowest BCUT2D eigenvalue weighted by molar-refractivity contribution is 0.664. The molecule has 0 fully saturated rings. The molecule has 0 saturated carbocycles. The van der Waals surface area contributed by atoms with Crippen LogP contribution in [0.2, 0.25) is 0 Å². The van der Waals surface area contributed by atoms with Crippen molar-refractivity contribution in [2.45, 2.75) is 0 Å². The molecule has 12 aromatic rings. The first kappa shape index (κ1) is 31.5. The fourth-order valence-electron chi connectivity index (χ4n) is 8.31. The molecule has 0 aliphatic carbocycles. The highest BCUT2D eigenvalue weighted by Gasteiger charge is 2.19. The molecular formula is C51H30N4O2. The highest BCUT2D eigenvalue weighted by molar-refractivity contribution is 6.16. The Morgan fingerprint density at radius 1 is 0.298 bits per heavy atom. The second-order valence-electron chi connectivity index (χ2n) is 14.4. The van der Waals surface area contributed by atoms with Crippen molar-refractivity contribution in [1.82, 2.24) is 19.5 Å². The molecule has 0 spiro atoms. The number of hydrogen-bond donors (Lipinski definition) is 0. The Morgan fingerprint density at radius 3 is 1.44 bits per heavy atom. The molecule has 6 heteroatoms. The number of benzene rings is 8. The van der Waals surface area contributed by atoms with Crippen LogP contribution in [0.15, 0.2) is 191 Å². The Balaban J connectivity index is 1.00. The van der Waals surface area contributed by atoms with Crippen molar-refractivity contribution in [2.24, 2.45) is 0 Å². The van der Waals surface area contributed by atoms with Gasteiger partial charge in [-0.2, -0.15) is 0 Å². The lowest BCUT2D eigenvalue weighted by Gasteiger charge is -2.09. The van der Waals surface area contributed by atoms with E-state index < -0.39 is 0 Å². The van der Waals surface area contributed by atoms with Gasteiger partial charge in [-0.15, -0.1) is 0 Å². The molecule has 6 nitrogen and oxygen atoms in total. The predicted molar refractivity (Wildman–Crippen MR) is 230 cm³/mol. The summed E-state index contributed by atoms with van der Waals surface area (Å²) >= 11 is 0. The quantitative estimate of drug-likeness (QED) is 0.176. The molecule has 0 saturated heterocycles. The fraction of sp³-hybridized carbons (Fsp3) is 0. The van der Waals surface area contributed by atoms with Gasteiger partial charge in [-0.25, -0.2) is 15.0 Å². The Morgan fingerprint density at radius 2 is 0.789 bits per heavy atom. The molecule has 0 N–H and O–H groups in total. The average Bonchev–Trinajstić information content (AvgIpc) is 3.94. The Bertz CT molecular complexity index is 3450. The summed E-state index contributed by atoms with van der Waals surface area (Å²) in [7, 11) is 0. The van der Waals surface area contributed by atoms with Crippen molar-refractivity contribution < 1.29 is 8.83 Å². The molecule has 57 heavy (non-hydrogen) atoms. The van der Waals surface area contributed by atoms with Crippen molar-refractivity contribution in [3.63, 3.8) is 0 Å². The normalized spacial score (nSPS) is 11.9. The van der Waals surface area contributed by atoms with Gasteiger partial charge in [-0.3, -0.25) is 0 Å². The molecule has 266 valence electrons. The highest BCUT2D eigenvalue weighted by atomic mass is 16.3. The third kappa shape index (κ3) is 5.08. The molecule has 0 amide bonds. The minimum Gasteiger partial charge on any atom is -0.456 e. The molecule has 0 atom stereocenters. The molecular weight excluding hydrogens is 701 g/mol. The van der Waals surface area contributed by atoms with E-state index in [4.69, 9.17) is 23.8 Å². The van der Waals surface area contributed by atoms with Crippen LogP contribution in [0, 0.1) is 0 Å². The van der Waals surface area contributed by atoms with Crippen molar-refractivity contribution in [2.75, 3.05) is 0 Å². The van der Waals surface area contributed by atoms with E-state index in [1.165, 1.54) is 21.9 Å². The summed E-state index contributed by atoms with van der Waals surface area (Å²) in [5.41, 5.74) is 11.7. The van der Waals surface area contributed by atoms with Crippen molar-refractivity contribution in [3.8, 4) is 51.0 Å². The van der Waals surface area contributed by atoms with E-state index in [2.05, 4.69) is 114 Å². The van der Waals surface area contributed by atoms with E-state index in [0.717, 1.165) is 77.3 Å². The highest BCUT2D eigenvalue weighted by Crippen LogP contribution is 2.40. The summed E-state index contributed by atoms with van der Waals surface area (Å²) in [6.07, 6.45) is 0. The molecule has 0 aliphatic heterocycles. The molecule has 0 radical (unpaired) electrons. The van der Waals surface area contributed by atoms with Gasteiger partial charge in [0.2, 0.25) is 0 Å². The maximum absolute atomic E-state index is 6.56. The maximum atomic E-state index is 6.56. The summed E-state index contributed by atoms with van der Waals surface area (Å²) in [5, 5.41) is 6.40. The van der Waals surface area contributed by atoms with Crippen LogP contribution in [0.5, 0.6) is 0 Å². The Hall–Kier alpha value is -7.83. The molecule has 0 bridgehead atoms. The van der Waals surface area contributed by atoms with Gasteiger partial charge >= 0.3 is 0 Å². The summed E-state index contributed by atoms with van der Waals surface area (Å²) < 4.78 is 15.5. The largest absolute Gasteiger partial charge is 0.456 e. The van der Waals surface area contributed by atoms with E-state index in [1.54, 1.807) is 0 Å². The zero-order valence-electron chi connectivity index (χ0n) is 30.4. The average molecular weight is 731 g/mol. The first-order chi connectivity index (χ1) is 28.2. The van der Waals surface area contributed by atoms with E-state index in [0.29, 0.717) is 17.5 Å². The van der Waals surface area contributed by atoms with Gasteiger partial charge in [0.05, 0.1) is 11.0 Å². The molecule has 4 heterocycles. The minimum atomic E-state index is 0.595. The van der Waals surface area contributed by atoms with Crippen LogP contribution >= 0.6 is 0 Å². The monoisotopic (exact) mass is 730 g/mol. The Labute approximate surface area is 325 Å². The van der Waals surface area contributed by atoms with Gasteiger partial charge in [0.1, 0.15) is 22.3 Å². The Kier molecular flexibility index (Phi) is 6.83. The van der Waals surface area contributed by atoms with E-state index in [-0.39, 0.29) is 0 Å². The van der Waals surface area contributed by atoms with Crippen LogP contribution in [0.25, 0.3) is 117 Å². The second-order valence-corrected chi connectivity index (χ2v) is 14.4. The van der Waals surface area contributed by atoms with E-state index >= 15 is 0 Å². The first-order valence-electron chi connectivity index (χ1n) is 19.0. The number of hydrogen-bond acceptors (Lipinski definition) is 5. The number of aromatic nitrogens is 4. The number of fused-ring (bicyclic) bond motifs is 9. The first-order valence-corrected chi connectivity index (χ1v) is 19.0. The van der Waals surface area contributed by atoms with Gasteiger partial charge in [0.25, 0.3) is 0 Å². The predicted octanol–water partition coefficient (Wildman–Crippen LogP) is 13.4. The van der Waals surface area contributed by atoms with Crippen LogP contribution in [0.3, 0.4) is 0 Å². The maximum Gasteiger partial charge on any atom is 0.164 e. The molecule has 0 unspecified atom stereocenters. The van der Waals surface area contributed by atoms with Crippen LogP contribution in [-0.4, -0.2) is 19.5 Å². The van der Waals surface area contributed by atoms with Gasteiger partial charge in [0.15, 0.2) is 17.5 Å². The standard InChI is InChI=1S/C51H30N4O2/c1-4-12-31(13-5-1)34-20-23-38-37-18-10-11-19-43(37)55(44(38)27-34)36-22-25-46-40(28-36)42-30-47-41(29-48(42)57-46)39-26-35(21-24-45(39)56-47)51-53-49(32-14-6-2-7-15-32)52-50(54-51)33-16-8-3-9-17-33/h1-30H. The number of furan rings is 2. The molecule has 0 aliphatic rings.